The first-order valence-corrected chi connectivity index (χ1v) is 15.2. The first-order valence-electron chi connectivity index (χ1n) is 13.4. The molecule has 1 atom stereocenters. The van der Waals surface area contributed by atoms with Gasteiger partial charge in [-0.25, -0.2) is 17.2 Å². The summed E-state index contributed by atoms with van der Waals surface area (Å²) >= 11 is 0. The smallest absolute Gasteiger partial charge is 0.243 e. The SMILES string of the molecule is CC(C)(C)NC(=O)[C@@H](Cc1ccccc1)N(Cc1ccc(F)cc1)C(=O)CCCN(c1ccc(F)cc1)S(C)(=O)=O. The van der Waals surface area contributed by atoms with E-state index in [0.717, 1.165) is 16.1 Å². The van der Waals surface area contributed by atoms with Crippen LogP contribution in [0.15, 0.2) is 78.9 Å². The molecule has 0 radical (unpaired) electrons. The van der Waals surface area contributed by atoms with Crippen molar-refractivity contribution in [2.75, 3.05) is 17.1 Å². The van der Waals surface area contributed by atoms with Gasteiger partial charge < -0.3 is 10.2 Å². The number of nitrogens with one attached hydrogen (secondary N) is 1. The van der Waals surface area contributed by atoms with Gasteiger partial charge in [0, 0.05) is 31.5 Å². The summed E-state index contributed by atoms with van der Waals surface area (Å²) in [6.07, 6.45) is 1.40. The van der Waals surface area contributed by atoms with E-state index in [4.69, 9.17) is 0 Å². The summed E-state index contributed by atoms with van der Waals surface area (Å²) < 4.78 is 53.1. The molecule has 1 N–H and O–H groups in total. The van der Waals surface area contributed by atoms with Crippen molar-refractivity contribution in [3.63, 3.8) is 0 Å². The Morgan fingerprint density at radius 3 is 1.95 bits per heavy atom. The third kappa shape index (κ3) is 9.97. The minimum atomic E-state index is -3.71. The molecule has 7 nitrogen and oxygen atoms in total. The van der Waals surface area contributed by atoms with Crippen LogP contribution in [0.5, 0.6) is 0 Å². The molecule has 0 spiro atoms. The zero-order valence-corrected chi connectivity index (χ0v) is 24.6. The fraction of sp³-hybridized carbons (Fsp3) is 0.355. The largest absolute Gasteiger partial charge is 0.350 e. The maximum atomic E-state index is 13.8. The van der Waals surface area contributed by atoms with Crippen molar-refractivity contribution >= 4 is 27.5 Å². The van der Waals surface area contributed by atoms with Gasteiger partial charge >= 0.3 is 0 Å². The van der Waals surface area contributed by atoms with Crippen LogP contribution < -0.4 is 9.62 Å². The summed E-state index contributed by atoms with van der Waals surface area (Å²) in [6, 6.07) is 19.3. The number of nitrogens with zero attached hydrogens (tertiary/aromatic N) is 2. The number of halogens is 2. The topological polar surface area (TPSA) is 86.8 Å². The lowest BCUT2D eigenvalue weighted by Crippen LogP contribution is -2.54. The molecule has 3 aromatic rings. The Morgan fingerprint density at radius 1 is 0.854 bits per heavy atom. The van der Waals surface area contributed by atoms with Gasteiger partial charge in [-0.05, 0) is 74.7 Å². The highest BCUT2D eigenvalue weighted by atomic mass is 32.2. The number of benzene rings is 3. The lowest BCUT2D eigenvalue weighted by atomic mass is 10.00. The first kappa shape index (κ1) is 31.7. The van der Waals surface area contributed by atoms with Gasteiger partial charge in [0.05, 0.1) is 11.9 Å². The summed E-state index contributed by atoms with van der Waals surface area (Å²) in [6.45, 7) is 5.60. The number of hydrogen-bond acceptors (Lipinski definition) is 4. The second-order valence-corrected chi connectivity index (χ2v) is 12.9. The monoisotopic (exact) mass is 585 g/mol. The summed E-state index contributed by atoms with van der Waals surface area (Å²) in [7, 11) is -3.71. The van der Waals surface area contributed by atoms with E-state index in [9.17, 15) is 26.8 Å². The number of hydrogen-bond donors (Lipinski definition) is 1. The lowest BCUT2D eigenvalue weighted by molar-refractivity contribution is -0.142. The second-order valence-electron chi connectivity index (χ2n) is 11.0. The third-order valence-electron chi connectivity index (χ3n) is 6.30. The fourth-order valence-electron chi connectivity index (χ4n) is 4.40. The Balaban J connectivity index is 1.89. The average Bonchev–Trinajstić information content (AvgIpc) is 2.89. The Bertz CT molecular complexity index is 1410. The molecule has 3 rings (SSSR count). The van der Waals surface area contributed by atoms with E-state index in [2.05, 4.69) is 5.32 Å². The summed E-state index contributed by atoms with van der Waals surface area (Å²) in [4.78, 5) is 28.9. The average molecular weight is 586 g/mol. The van der Waals surface area contributed by atoms with Crippen LogP contribution in [0.4, 0.5) is 14.5 Å². The van der Waals surface area contributed by atoms with Gasteiger partial charge in [-0.2, -0.15) is 0 Å². The number of carbonyl (C=O) groups is 2. The van der Waals surface area contributed by atoms with Gasteiger partial charge in [0.2, 0.25) is 21.8 Å². The molecule has 2 amide bonds. The maximum Gasteiger partial charge on any atom is 0.243 e. The van der Waals surface area contributed by atoms with Gasteiger partial charge in [0.25, 0.3) is 0 Å². The quantitative estimate of drug-likeness (QED) is 0.322. The first-order chi connectivity index (χ1) is 19.2. The third-order valence-corrected chi connectivity index (χ3v) is 7.50. The molecule has 0 aromatic heterocycles. The second kappa shape index (κ2) is 13.7. The van der Waals surface area contributed by atoms with Crippen LogP contribution in [-0.2, 0) is 32.6 Å². The number of rotatable bonds is 12. The van der Waals surface area contributed by atoms with Crippen LogP contribution in [0, 0.1) is 11.6 Å². The van der Waals surface area contributed by atoms with E-state index in [1.54, 1.807) is 12.1 Å². The predicted molar refractivity (Wildman–Crippen MR) is 157 cm³/mol. The Kier molecular flexibility index (Phi) is 10.6. The van der Waals surface area contributed by atoms with Crippen molar-refractivity contribution in [1.29, 1.82) is 0 Å². The fourth-order valence-corrected chi connectivity index (χ4v) is 5.37. The van der Waals surface area contributed by atoms with Crippen LogP contribution in [0.3, 0.4) is 0 Å². The molecule has 3 aromatic carbocycles. The van der Waals surface area contributed by atoms with Crippen LogP contribution in [0.1, 0.15) is 44.7 Å². The van der Waals surface area contributed by atoms with Gasteiger partial charge in [0.15, 0.2) is 0 Å². The van der Waals surface area contributed by atoms with Crippen LogP contribution in [0.2, 0.25) is 0 Å². The van der Waals surface area contributed by atoms with Crippen LogP contribution in [-0.4, -0.2) is 49.5 Å². The Hall–Kier alpha value is -3.79. The molecule has 0 aliphatic heterocycles. The van der Waals surface area contributed by atoms with E-state index >= 15 is 0 Å². The maximum absolute atomic E-state index is 13.8. The molecule has 0 aliphatic carbocycles. The van der Waals surface area contributed by atoms with Crippen LogP contribution >= 0.6 is 0 Å². The van der Waals surface area contributed by atoms with Crippen molar-refractivity contribution in [2.45, 2.75) is 58.2 Å². The summed E-state index contributed by atoms with van der Waals surface area (Å²) in [5.74, 6) is -1.60. The molecule has 0 fully saturated rings. The molecule has 220 valence electrons. The van der Waals surface area contributed by atoms with E-state index < -0.39 is 33.2 Å². The highest BCUT2D eigenvalue weighted by Crippen LogP contribution is 2.21. The van der Waals surface area contributed by atoms with E-state index in [1.807, 2.05) is 51.1 Å². The zero-order valence-electron chi connectivity index (χ0n) is 23.8. The van der Waals surface area contributed by atoms with Gasteiger partial charge in [-0.1, -0.05) is 42.5 Å². The standard InChI is InChI=1S/C31H37F2N3O4S/c1-31(2,3)34-30(38)28(21-23-9-6-5-7-10-23)35(22-24-12-14-25(32)15-13-24)29(37)11-8-20-36(41(4,39)40)27-18-16-26(33)17-19-27/h5-7,9-10,12-19,28H,8,11,20-22H2,1-4H3,(H,34,38)/t28-/m1/s1. The van der Waals surface area contributed by atoms with E-state index in [0.29, 0.717) is 5.56 Å². The molecule has 0 saturated heterocycles. The molecule has 0 heterocycles. The Labute approximate surface area is 241 Å². The van der Waals surface area contributed by atoms with Gasteiger partial charge in [-0.15, -0.1) is 0 Å². The molecule has 0 bridgehead atoms. The van der Waals surface area contributed by atoms with E-state index in [-0.39, 0.29) is 49.9 Å². The van der Waals surface area contributed by atoms with Crippen molar-refractivity contribution in [2.24, 2.45) is 0 Å². The van der Waals surface area contributed by atoms with Crippen molar-refractivity contribution in [3.05, 3.63) is 102 Å². The zero-order chi connectivity index (χ0) is 30.2. The van der Waals surface area contributed by atoms with Crippen molar-refractivity contribution in [3.8, 4) is 0 Å². The molecule has 0 unspecified atom stereocenters. The molecular formula is C31H37F2N3O4S. The van der Waals surface area contributed by atoms with Crippen LogP contribution in [0.25, 0.3) is 0 Å². The van der Waals surface area contributed by atoms with Crippen molar-refractivity contribution < 1.29 is 26.8 Å². The molecular weight excluding hydrogens is 548 g/mol. The Morgan fingerprint density at radius 2 is 1.41 bits per heavy atom. The number of carbonyl (C=O) groups excluding carboxylic acids is 2. The molecule has 10 heteroatoms. The van der Waals surface area contributed by atoms with Crippen molar-refractivity contribution in [1.82, 2.24) is 10.2 Å². The normalized spacial score (nSPS) is 12.4. The highest BCUT2D eigenvalue weighted by molar-refractivity contribution is 7.92. The predicted octanol–water partition coefficient (Wildman–Crippen LogP) is 5.07. The molecule has 0 aliphatic rings. The number of sulfonamides is 1. The lowest BCUT2D eigenvalue weighted by Gasteiger charge is -2.34. The molecule has 0 saturated carbocycles. The summed E-state index contributed by atoms with van der Waals surface area (Å²) in [5, 5.41) is 2.98. The minimum absolute atomic E-state index is 0.0157. The summed E-state index contributed by atoms with van der Waals surface area (Å²) in [5.41, 5.74) is 1.24. The minimum Gasteiger partial charge on any atom is -0.350 e. The molecule has 41 heavy (non-hydrogen) atoms. The number of anilines is 1. The highest BCUT2D eigenvalue weighted by Gasteiger charge is 2.32. The van der Waals surface area contributed by atoms with Gasteiger partial charge in [0.1, 0.15) is 17.7 Å². The van der Waals surface area contributed by atoms with Gasteiger partial charge in [-0.3, -0.25) is 13.9 Å². The van der Waals surface area contributed by atoms with E-state index in [1.165, 1.54) is 41.3 Å². The number of amides is 2.